The van der Waals surface area contributed by atoms with Crippen molar-refractivity contribution >= 4 is 23.6 Å². The normalized spacial score (nSPS) is 31.1. The molecule has 2 fully saturated rings. The first-order valence-electron chi connectivity index (χ1n) is 10.3. The van der Waals surface area contributed by atoms with Gasteiger partial charge in [0.2, 0.25) is 0 Å². The van der Waals surface area contributed by atoms with E-state index in [0.29, 0.717) is 36.4 Å². The number of fused-ring (bicyclic) bond motifs is 1. The van der Waals surface area contributed by atoms with Crippen molar-refractivity contribution < 1.29 is 17.1 Å². The van der Waals surface area contributed by atoms with Crippen molar-refractivity contribution in [3.05, 3.63) is 52.3 Å². The predicted molar refractivity (Wildman–Crippen MR) is 102 cm³/mol. The quantitative estimate of drug-likeness (QED) is 0.853. The van der Waals surface area contributed by atoms with E-state index in [9.17, 15) is 9.59 Å². The van der Waals surface area contributed by atoms with E-state index in [0.717, 1.165) is 11.3 Å². The van der Waals surface area contributed by atoms with Crippen LogP contribution in [0.25, 0.3) is 0 Å². The van der Waals surface area contributed by atoms with Crippen molar-refractivity contribution in [2.24, 2.45) is 13.0 Å². The number of hydrogen-bond donors (Lipinski definition) is 1. The molecule has 146 valence electrons. The molecule has 0 unspecified atom stereocenters. The van der Waals surface area contributed by atoms with Crippen LogP contribution in [0.2, 0.25) is 5.02 Å². The van der Waals surface area contributed by atoms with E-state index in [1.807, 2.05) is 36.2 Å². The summed E-state index contributed by atoms with van der Waals surface area (Å²) in [7, 11) is 1.83. The molecule has 7 nitrogen and oxygen atoms in total. The lowest BCUT2D eigenvalue weighted by atomic mass is 9.70. The summed E-state index contributed by atoms with van der Waals surface area (Å²) < 4.78 is 23.1. The zero-order chi connectivity index (χ0) is 21.3. The molecule has 1 atom stereocenters. The third-order valence-electron chi connectivity index (χ3n) is 5.96. The van der Waals surface area contributed by atoms with Gasteiger partial charge in [-0.15, -0.1) is 0 Å². The summed E-state index contributed by atoms with van der Waals surface area (Å²) >= 11 is 6.32. The molecular weight excluding hydrogens is 380 g/mol. The lowest BCUT2D eigenvalue weighted by molar-refractivity contribution is -0.0555. The van der Waals surface area contributed by atoms with Gasteiger partial charge in [0.15, 0.2) is 0 Å². The van der Waals surface area contributed by atoms with Crippen molar-refractivity contribution in [3.8, 4) is 0 Å². The first-order chi connectivity index (χ1) is 14.2. The fourth-order valence-corrected chi connectivity index (χ4v) is 4.83. The Kier molecular flexibility index (Phi) is 3.43. The van der Waals surface area contributed by atoms with E-state index in [1.54, 1.807) is 10.9 Å². The summed E-state index contributed by atoms with van der Waals surface area (Å²) in [5, 5.41) is 7.01. The maximum atomic E-state index is 13.2. The van der Waals surface area contributed by atoms with Gasteiger partial charge in [0.1, 0.15) is 5.60 Å². The molecule has 2 aromatic rings. The maximum absolute atomic E-state index is 13.2. The number of rotatable bonds is 4. The maximum Gasteiger partial charge on any atom is 0.407 e. The Bertz CT molecular complexity index is 1030. The van der Waals surface area contributed by atoms with Crippen LogP contribution in [0.4, 0.5) is 4.79 Å². The molecule has 1 N–H and O–H groups in total. The molecule has 2 amide bonds. The van der Waals surface area contributed by atoms with Crippen LogP contribution in [-0.4, -0.2) is 45.3 Å². The van der Waals surface area contributed by atoms with Crippen molar-refractivity contribution in [3.63, 3.8) is 0 Å². The average molecular weight is 403 g/mol. The number of nitrogens with zero attached hydrogens (tertiary/aromatic N) is 3. The molecule has 28 heavy (non-hydrogen) atoms. The van der Waals surface area contributed by atoms with Gasteiger partial charge >= 0.3 is 6.09 Å². The van der Waals surface area contributed by atoms with E-state index in [-0.39, 0.29) is 17.9 Å². The highest BCUT2D eigenvalue weighted by molar-refractivity contribution is 6.31. The Balaban J connectivity index is 1.39. The number of amides is 2. The van der Waals surface area contributed by atoms with Crippen LogP contribution in [-0.2, 0) is 18.2 Å². The van der Waals surface area contributed by atoms with Crippen molar-refractivity contribution in [1.82, 2.24) is 20.0 Å². The molecule has 8 heteroatoms. The number of benzene rings is 1. The standard InChI is InChI=1S/C20H21ClN4O3/c1-24-17(15(21)9-23-24)6-16-13-4-2-3-5-14(13)18(26)25(16)10-12-7-20(8-12)11-22-19(27)28-20/h2-5,9,12,16H,6-8,10-11H2,1H3,(H,22,27)/t12?,16-,20?/m0/s1/i11D2. The summed E-state index contributed by atoms with van der Waals surface area (Å²) in [4.78, 5) is 26.6. The monoisotopic (exact) mass is 402 g/mol. The summed E-state index contributed by atoms with van der Waals surface area (Å²) in [6, 6.07) is 7.39. The van der Waals surface area contributed by atoms with E-state index in [4.69, 9.17) is 19.1 Å². The van der Waals surface area contributed by atoms with Gasteiger partial charge in [-0.05, 0) is 30.4 Å². The Morgan fingerprint density at radius 1 is 1.39 bits per heavy atom. The Morgan fingerprint density at radius 2 is 2.18 bits per heavy atom. The first-order valence-corrected chi connectivity index (χ1v) is 9.66. The van der Waals surface area contributed by atoms with E-state index >= 15 is 0 Å². The molecular formula is C20H21ClN4O3. The number of alkyl carbamates (subject to hydrolysis) is 1. The number of aromatic nitrogens is 2. The summed E-state index contributed by atoms with van der Waals surface area (Å²) in [5.41, 5.74) is 1.34. The molecule has 1 spiro atoms. The highest BCUT2D eigenvalue weighted by Gasteiger charge is 2.52. The second kappa shape index (κ2) is 6.24. The van der Waals surface area contributed by atoms with Gasteiger partial charge in [0.25, 0.3) is 5.91 Å². The highest BCUT2D eigenvalue weighted by atomic mass is 35.5. The van der Waals surface area contributed by atoms with E-state index in [1.165, 1.54) is 0 Å². The molecule has 2 aliphatic heterocycles. The van der Waals surface area contributed by atoms with Crippen molar-refractivity contribution in [2.45, 2.75) is 30.9 Å². The minimum Gasteiger partial charge on any atom is -0.441 e. The number of halogens is 1. The van der Waals surface area contributed by atoms with Crippen LogP contribution >= 0.6 is 11.6 Å². The molecule has 0 bridgehead atoms. The molecule has 3 aliphatic rings. The van der Waals surface area contributed by atoms with Gasteiger partial charge in [-0.25, -0.2) is 4.79 Å². The van der Waals surface area contributed by atoms with Crippen LogP contribution in [0.1, 0.15) is 43.2 Å². The summed E-state index contributed by atoms with van der Waals surface area (Å²) in [5.74, 6) is -0.00469. The highest BCUT2D eigenvalue weighted by Crippen LogP contribution is 2.45. The lowest BCUT2D eigenvalue weighted by Gasteiger charge is -2.44. The predicted octanol–water partition coefficient (Wildman–Crippen LogP) is 2.70. The summed E-state index contributed by atoms with van der Waals surface area (Å²) in [6.45, 7) is -1.44. The van der Waals surface area contributed by atoms with Crippen LogP contribution in [0.5, 0.6) is 0 Å². The van der Waals surface area contributed by atoms with Crippen LogP contribution in [0, 0.1) is 5.92 Å². The number of aryl methyl sites for hydroxylation is 1. The number of ether oxygens (including phenoxy) is 1. The van der Waals surface area contributed by atoms with Crippen LogP contribution < -0.4 is 5.32 Å². The van der Waals surface area contributed by atoms with E-state index in [2.05, 4.69) is 10.4 Å². The van der Waals surface area contributed by atoms with Gasteiger partial charge < -0.3 is 15.0 Å². The Morgan fingerprint density at radius 3 is 2.86 bits per heavy atom. The van der Waals surface area contributed by atoms with Gasteiger partial charge in [0, 0.05) is 25.6 Å². The Hall–Kier alpha value is -2.54. The van der Waals surface area contributed by atoms with Crippen LogP contribution in [0.15, 0.2) is 30.5 Å². The van der Waals surface area contributed by atoms with Crippen LogP contribution in [0.3, 0.4) is 0 Å². The number of carbonyl (C=O) groups excluding carboxylic acids is 2. The zero-order valence-electron chi connectivity index (χ0n) is 17.3. The molecule has 5 rings (SSSR count). The van der Waals surface area contributed by atoms with Gasteiger partial charge in [-0.1, -0.05) is 29.8 Å². The van der Waals surface area contributed by atoms with Gasteiger partial charge in [-0.2, -0.15) is 5.10 Å². The molecule has 1 saturated carbocycles. The largest absolute Gasteiger partial charge is 0.441 e. The second-order valence-corrected chi connectivity index (χ2v) is 8.14. The minimum absolute atomic E-state index is 0.0375. The molecule has 3 heterocycles. The first kappa shape index (κ1) is 15.4. The minimum atomic E-state index is -1.90. The molecule has 1 aromatic carbocycles. The SMILES string of the molecule is [2H]C1([2H])NC(=O)OC12CC(CN1C(=O)c3ccccc3[C@@H]1Cc1c(Cl)cnn1C)C2. The van der Waals surface area contributed by atoms with Gasteiger partial charge in [-0.3, -0.25) is 9.48 Å². The second-order valence-electron chi connectivity index (χ2n) is 7.74. The zero-order valence-corrected chi connectivity index (χ0v) is 16.1. The molecule has 0 radical (unpaired) electrons. The number of nitrogens with one attached hydrogen (secondary N) is 1. The lowest BCUT2D eigenvalue weighted by Crippen LogP contribution is -2.51. The fraction of sp³-hybridized carbons (Fsp3) is 0.450. The Labute approximate surface area is 170 Å². The average Bonchev–Trinajstić information content (AvgIpc) is 3.21. The third kappa shape index (κ3) is 2.68. The fourth-order valence-electron chi connectivity index (χ4n) is 4.58. The summed E-state index contributed by atoms with van der Waals surface area (Å²) in [6.07, 6.45) is 2.15. The van der Waals surface area contributed by atoms with E-state index < -0.39 is 18.2 Å². The molecule has 1 saturated heterocycles. The number of hydrogen-bond acceptors (Lipinski definition) is 4. The van der Waals surface area contributed by atoms with Crippen molar-refractivity contribution in [2.75, 3.05) is 13.0 Å². The smallest absolute Gasteiger partial charge is 0.407 e. The molecule has 1 aliphatic carbocycles. The third-order valence-corrected chi connectivity index (χ3v) is 6.27. The van der Waals surface area contributed by atoms with Gasteiger partial charge in [0.05, 0.1) is 32.2 Å². The topological polar surface area (TPSA) is 76.5 Å². The number of carbonyl (C=O) groups is 2. The molecule has 1 aromatic heterocycles. The van der Waals surface area contributed by atoms with Crippen molar-refractivity contribution in [1.29, 1.82) is 0 Å².